The van der Waals surface area contributed by atoms with E-state index in [9.17, 15) is 18.0 Å². The monoisotopic (exact) mass is 307 g/mol. The van der Waals surface area contributed by atoms with Crippen LogP contribution in [-0.2, 0) is 4.79 Å². The summed E-state index contributed by atoms with van der Waals surface area (Å²) in [5.74, 6) is -1.20. The summed E-state index contributed by atoms with van der Waals surface area (Å²) in [5, 5.41) is -2.14. The number of carbonyl (C=O) groups is 1. The fourth-order valence-electron chi connectivity index (χ4n) is 2.22. The zero-order chi connectivity index (χ0) is 14.9. The molecule has 2 rings (SSSR count). The Hall–Kier alpha value is -1.43. The van der Waals surface area contributed by atoms with E-state index in [1.54, 1.807) is 24.3 Å². The van der Waals surface area contributed by atoms with Gasteiger partial charge in [-0.1, -0.05) is 0 Å². The van der Waals surface area contributed by atoms with E-state index in [1.807, 2.05) is 0 Å². The molecule has 1 aliphatic rings. The highest BCUT2D eigenvalue weighted by Gasteiger charge is 2.49. The molecule has 0 saturated carbocycles. The number of carbonyl (C=O) groups excluding carboxylic acids is 1. The number of hydrogen-bond donors (Lipinski definition) is 0. The van der Waals surface area contributed by atoms with Gasteiger partial charge in [0, 0.05) is 12.2 Å². The van der Waals surface area contributed by atoms with Crippen molar-refractivity contribution < 1.29 is 22.7 Å². The van der Waals surface area contributed by atoms with Crippen LogP contribution in [0.2, 0.25) is 0 Å². The second-order valence-corrected chi connectivity index (χ2v) is 5.00. The van der Waals surface area contributed by atoms with Gasteiger partial charge in [-0.3, -0.25) is 4.79 Å². The second kappa shape index (κ2) is 5.52. The van der Waals surface area contributed by atoms with Gasteiger partial charge in [-0.2, -0.15) is 13.2 Å². The van der Waals surface area contributed by atoms with Crippen LogP contribution in [0.15, 0.2) is 24.3 Å². The fraction of sp³-hybridized carbons (Fsp3) is 0.462. The molecule has 1 saturated heterocycles. The van der Waals surface area contributed by atoms with Crippen molar-refractivity contribution in [3.63, 3.8) is 0 Å². The fourth-order valence-corrected chi connectivity index (χ4v) is 2.45. The Bertz CT molecular complexity index is 489. The highest BCUT2D eigenvalue weighted by atomic mass is 35.5. The molecule has 110 valence electrons. The van der Waals surface area contributed by atoms with Crippen LogP contribution < -0.4 is 9.64 Å². The summed E-state index contributed by atoms with van der Waals surface area (Å²) in [6.07, 6.45) is -4.48. The van der Waals surface area contributed by atoms with Crippen LogP contribution >= 0.6 is 11.6 Å². The van der Waals surface area contributed by atoms with Crippen LogP contribution in [-0.4, -0.2) is 31.1 Å². The normalized spacial score (nSPS) is 21.1. The lowest BCUT2D eigenvalue weighted by Gasteiger charge is -2.20. The van der Waals surface area contributed by atoms with Gasteiger partial charge in [-0.05, 0) is 30.7 Å². The van der Waals surface area contributed by atoms with Crippen LogP contribution in [0.25, 0.3) is 0 Å². The third-order valence-corrected chi connectivity index (χ3v) is 3.85. The number of ether oxygens (including phenoxy) is 1. The minimum atomic E-state index is -4.57. The molecule has 1 amide bonds. The lowest BCUT2D eigenvalue weighted by atomic mass is 10.0. The maximum atomic E-state index is 12.6. The molecule has 0 bridgehead atoms. The minimum absolute atomic E-state index is 0.0958. The number of amides is 1. The summed E-state index contributed by atoms with van der Waals surface area (Å²) < 4.78 is 42.7. The van der Waals surface area contributed by atoms with Crippen LogP contribution in [0.4, 0.5) is 18.9 Å². The van der Waals surface area contributed by atoms with Gasteiger partial charge in [0.1, 0.15) is 11.1 Å². The predicted octanol–water partition coefficient (Wildman–Crippen LogP) is 3.22. The second-order valence-electron chi connectivity index (χ2n) is 4.53. The molecule has 3 nitrogen and oxygen atoms in total. The Morgan fingerprint density at radius 1 is 1.35 bits per heavy atom. The van der Waals surface area contributed by atoms with E-state index in [0.717, 1.165) is 0 Å². The van der Waals surface area contributed by atoms with Gasteiger partial charge in [0.05, 0.1) is 13.0 Å². The van der Waals surface area contributed by atoms with Crippen molar-refractivity contribution in [2.45, 2.75) is 18.0 Å². The molecule has 0 aromatic heterocycles. The van der Waals surface area contributed by atoms with Crippen LogP contribution in [0, 0.1) is 5.92 Å². The highest BCUT2D eigenvalue weighted by Crippen LogP contribution is 2.37. The van der Waals surface area contributed by atoms with E-state index in [-0.39, 0.29) is 13.0 Å². The summed E-state index contributed by atoms with van der Waals surface area (Å²) in [6.45, 7) is 0.231. The third-order valence-electron chi connectivity index (χ3n) is 3.30. The van der Waals surface area contributed by atoms with Crippen LogP contribution in [0.1, 0.15) is 6.42 Å². The SMILES string of the molecule is COc1ccc(N2CCC(C(Cl)C(F)(F)F)C2=O)cc1. The maximum Gasteiger partial charge on any atom is 0.405 e. The molecule has 1 heterocycles. The van der Waals surface area contributed by atoms with E-state index in [1.165, 1.54) is 12.0 Å². The van der Waals surface area contributed by atoms with Crippen molar-refractivity contribution in [1.29, 1.82) is 0 Å². The van der Waals surface area contributed by atoms with E-state index in [4.69, 9.17) is 16.3 Å². The number of benzene rings is 1. The number of methoxy groups -OCH3 is 1. The van der Waals surface area contributed by atoms with Crippen LogP contribution in [0.3, 0.4) is 0 Å². The molecule has 0 aliphatic carbocycles. The zero-order valence-electron chi connectivity index (χ0n) is 10.7. The van der Waals surface area contributed by atoms with Gasteiger partial charge < -0.3 is 9.64 Å². The van der Waals surface area contributed by atoms with Gasteiger partial charge in [0.25, 0.3) is 0 Å². The Labute approximate surface area is 119 Å². The molecular weight excluding hydrogens is 295 g/mol. The van der Waals surface area contributed by atoms with Gasteiger partial charge in [0.2, 0.25) is 5.91 Å². The van der Waals surface area contributed by atoms with Crippen molar-refractivity contribution in [3.05, 3.63) is 24.3 Å². The number of halogens is 4. The van der Waals surface area contributed by atoms with Gasteiger partial charge in [0.15, 0.2) is 0 Å². The first-order valence-corrected chi connectivity index (χ1v) is 6.44. The predicted molar refractivity (Wildman–Crippen MR) is 69.2 cm³/mol. The van der Waals surface area contributed by atoms with Gasteiger partial charge in [-0.15, -0.1) is 11.6 Å². The van der Waals surface area contributed by atoms with Crippen LogP contribution in [0.5, 0.6) is 5.75 Å². The number of nitrogens with zero attached hydrogens (tertiary/aromatic N) is 1. The van der Waals surface area contributed by atoms with Gasteiger partial charge >= 0.3 is 6.18 Å². The lowest BCUT2D eigenvalue weighted by molar-refractivity contribution is -0.147. The first kappa shape index (κ1) is 15.0. The first-order chi connectivity index (χ1) is 9.34. The molecule has 2 unspecified atom stereocenters. The smallest absolute Gasteiger partial charge is 0.405 e. The van der Waals surface area contributed by atoms with E-state index < -0.39 is 23.4 Å². The van der Waals surface area contributed by atoms with Crippen molar-refractivity contribution in [2.75, 3.05) is 18.6 Å². The lowest BCUT2D eigenvalue weighted by Crippen LogP contribution is -2.37. The summed E-state index contributed by atoms with van der Waals surface area (Å²) in [5.41, 5.74) is 0.546. The summed E-state index contributed by atoms with van der Waals surface area (Å²) in [7, 11) is 1.51. The van der Waals surface area contributed by atoms with Gasteiger partial charge in [-0.25, -0.2) is 0 Å². The van der Waals surface area contributed by atoms with Crippen molar-refractivity contribution >= 4 is 23.2 Å². The largest absolute Gasteiger partial charge is 0.497 e. The highest BCUT2D eigenvalue weighted by molar-refractivity contribution is 6.23. The van der Waals surface area contributed by atoms with Crippen molar-refractivity contribution in [1.82, 2.24) is 0 Å². The molecule has 2 atom stereocenters. The molecular formula is C13H13ClF3NO2. The summed E-state index contributed by atoms with van der Waals surface area (Å²) >= 11 is 5.37. The first-order valence-electron chi connectivity index (χ1n) is 6.01. The molecule has 1 aromatic rings. The molecule has 20 heavy (non-hydrogen) atoms. The summed E-state index contributed by atoms with van der Waals surface area (Å²) in [6, 6.07) is 6.57. The van der Waals surface area contributed by atoms with E-state index in [2.05, 4.69) is 0 Å². The average Bonchev–Trinajstić information content (AvgIpc) is 2.78. The Balaban J connectivity index is 2.14. The molecule has 0 N–H and O–H groups in total. The number of rotatable bonds is 3. The zero-order valence-corrected chi connectivity index (χ0v) is 11.4. The van der Waals surface area contributed by atoms with E-state index in [0.29, 0.717) is 11.4 Å². The quantitative estimate of drug-likeness (QED) is 0.803. The third kappa shape index (κ3) is 2.85. The van der Waals surface area contributed by atoms with E-state index >= 15 is 0 Å². The molecule has 0 spiro atoms. The standard InChI is InChI=1S/C13H13ClF3NO2/c1-20-9-4-2-8(3-5-9)18-7-6-10(12(18)19)11(14)13(15,16)17/h2-5,10-11H,6-7H2,1H3. The number of anilines is 1. The Morgan fingerprint density at radius 3 is 2.45 bits per heavy atom. The molecule has 1 fully saturated rings. The Morgan fingerprint density at radius 2 is 1.95 bits per heavy atom. The molecule has 0 radical (unpaired) electrons. The molecule has 1 aliphatic heterocycles. The molecule has 7 heteroatoms. The number of hydrogen-bond acceptors (Lipinski definition) is 2. The minimum Gasteiger partial charge on any atom is -0.497 e. The summed E-state index contributed by atoms with van der Waals surface area (Å²) in [4.78, 5) is 13.4. The molecule has 1 aromatic carbocycles. The topological polar surface area (TPSA) is 29.5 Å². The number of alkyl halides is 4. The Kier molecular flexibility index (Phi) is 4.13. The van der Waals surface area contributed by atoms with Crippen molar-refractivity contribution in [2.24, 2.45) is 5.92 Å². The average molecular weight is 308 g/mol. The van der Waals surface area contributed by atoms with Crippen molar-refractivity contribution in [3.8, 4) is 5.75 Å². The maximum absolute atomic E-state index is 12.6.